The number of isothiocyanates is 1. The maximum Gasteiger partial charge on any atom is 0.313 e. The summed E-state index contributed by atoms with van der Waals surface area (Å²) in [5.41, 5.74) is -0.573. The van der Waals surface area contributed by atoms with Crippen LogP contribution in [0.5, 0.6) is 0 Å². The molecule has 15 heavy (non-hydrogen) atoms. The Balaban J connectivity index is 4.66. The van der Waals surface area contributed by atoms with Crippen LogP contribution in [-0.2, 0) is 9.53 Å². The van der Waals surface area contributed by atoms with Gasteiger partial charge in [0.05, 0.1) is 23.7 Å². The number of rotatable bonds is 6. The van der Waals surface area contributed by atoms with E-state index in [1.54, 1.807) is 6.92 Å². The van der Waals surface area contributed by atoms with Crippen LogP contribution in [0.1, 0.15) is 34.1 Å². The molecule has 0 aliphatic rings. The van der Waals surface area contributed by atoms with Crippen molar-refractivity contribution in [2.24, 2.45) is 16.3 Å². The lowest BCUT2D eigenvalue weighted by molar-refractivity contribution is -0.154. The molecule has 1 atom stereocenters. The van der Waals surface area contributed by atoms with Gasteiger partial charge in [-0.15, -0.1) is 0 Å². The zero-order chi connectivity index (χ0) is 11.9. The zero-order valence-corrected chi connectivity index (χ0v) is 10.7. The van der Waals surface area contributed by atoms with E-state index >= 15 is 0 Å². The average Bonchev–Trinajstić information content (AvgIpc) is 2.14. The minimum absolute atomic E-state index is 0.201. The zero-order valence-electron chi connectivity index (χ0n) is 9.87. The Morgan fingerprint density at radius 3 is 2.60 bits per heavy atom. The molecule has 0 aliphatic heterocycles. The van der Waals surface area contributed by atoms with Crippen molar-refractivity contribution in [1.29, 1.82) is 0 Å². The summed E-state index contributed by atoms with van der Waals surface area (Å²) in [4.78, 5) is 15.6. The van der Waals surface area contributed by atoms with Crippen LogP contribution in [0.3, 0.4) is 0 Å². The molecule has 0 fully saturated rings. The van der Waals surface area contributed by atoms with E-state index in [0.717, 1.165) is 6.42 Å². The Kier molecular flexibility index (Phi) is 6.37. The molecule has 0 spiro atoms. The van der Waals surface area contributed by atoms with E-state index in [1.165, 1.54) is 0 Å². The molecule has 0 amide bonds. The SMILES string of the molecule is CCOC(=O)C(C)(CN=C=S)CC(C)C. The molecule has 1 unspecified atom stereocenters. The molecule has 0 heterocycles. The second-order valence-corrected chi connectivity index (χ2v) is 4.47. The third-order valence-corrected chi connectivity index (χ3v) is 2.25. The molecule has 0 rings (SSSR count). The molecule has 0 aromatic carbocycles. The maximum absolute atomic E-state index is 11.8. The summed E-state index contributed by atoms with van der Waals surface area (Å²) >= 11 is 4.52. The largest absolute Gasteiger partial charge is 0.466 e. The first-order valence-corrected chi connectivity index (χ1v) is 5.58. The van der Waals surface area contributed by atoms with Crippen LogP contribution in [-0.4, -0.2) is 24.3 Å². The molecule has 0 bridgehead atoms. The lowest BCUT2D eigenvalue weighted by Crippen LogP contribution is -2.34. The lowest BCUT2D eigenvalue weighted by atomic mass is 9.82. The van der Waals surface area contributed by atoms with Crippen LogP contribution in [0.4, 0.5) is 0 Å². The molecule has 0 aromatic heterocycles. The van der Waals surface area contributed by atoms with E-state index in [0.29, 0.717) is 19.1 Å². The minimum atomic E-state index is -0.573. The monoisotopic (exact) mass is 229 g/mol. The highest BCUT2D eigenvalue weighted by molar-refractivity contribution is 7.78. The van der Waals surface area contributed by atoms with Crippen molar-refractivity contribution in [3.05, 3.63) is 0 Å². The van der Waals surface area contributed by atoms with Gasteiger partial charge in [-0.05, 0) is 38.4 Å². The Hall–Kier alpha value is -0.730. The van der Waals surface area contributed by atoms with Crippen LogP contribution in [0.25, 0.3) is 0 Å². The number of nitrogens with zero attached hydrogens (tertiary/aromatic N) is 1. The third kappa shape index (κ3) is 5.05. The number of ether oxygens (including phenoxy) is 1. The van der Waals surface area contributed by atoms with Crippen molar-refractivity contribution in [1.82, 2.24) is 0 Å². The van der Waals surface area contributed by atoms with Crippen LogP contribution in [0.15, 0.2) is 4.99 Å². The first-order chi connectivity index (χ1) is 6.96. The highest BCUT2D eigenvalue weighted by Crippen LogP contribution is 2.28. The summed E-state index contributed by atoms with van der Waals surface area (Å²) < 4.78 is 5.04. The number of hydrogen-bond donors (Lipinski definition) is 0. The van der Waals surface area contributed by atoms with Crippen molar-refractivity contribution < 1.29 is 9.53 Å². The lowest BCUT2D eigenvalue weighted by Gasteiger charge is -2.26. The molecular formula is C11H19NO2S. The van der Waals surface area contributed by atoms with Gasteiger partial charge in [-0.3, -0.25) is 4.79 Å². The maximum atomic E-state index is 11.8. The van der Waals surface area contributed by atoms with E-state index in [-0.39, 0.29) is 5.97 Å². The summed E-state index contributed by atoms with van der Waals surface area (Å²) in [6, 6.07) is 0. The number of esters is 1. The van der Waals surface area contributed by atoms with Crippen molar-refractivity contribution in [2.45, 2.75) is 34.1 Å². The predicted molar refractivity (Wildman–Crippen MR) is 64.1 cm³/mol. The Labute approximate surface area is 96.9 Å². The Morgan fingerprint density at radius 2 is 2.20 bits per heavy atom. The van der Waals surface area contributed by atoms with Gasteiger partial charge < -0.3 is 4.74 Å². The van der Waals surface area contributed by atoms with Gasteiger partial charge in [0.2, 0.25) is 0 Å². The van der Waals surface area contributed by atoms with Crippen LogP contribution in [0, 0.1) is 11.3 Å². The average molecular weight is 229 g/mol. The van der Waals surface area contributed by atoms with E-state index in [2.05, 4.69) is 36.2 Å². The van der Waals surface area contributed by atoms with Gasteiger partial charge in [0.1, 0.15) is 0 Å². The molecular weight excluding hydrogens is 210 g/mol. The van der Waals surface area contributed by atoms with Gasteiger partial charge in [0, 0.05) is 0 Å². The fourth-order valence-electron chi connectivity index (χ4n) is 1.63. The second kappa shape index (κ2) is 6.70. The summed E-state index contributed by atoms with van der Waals surface area (Å²) in [6.07, 6.45) is 0.742. The number of carbonyl (C=O) groups is 1. The normalized spacial score (nSPS) is 14.2. The van der Waals surface area contributed by atoms with Crippen LogP contribution >= 0.6 is 12.2 Å². The van der Waals surface area contributed by atoms with E-state index in [1.807, 2.05) is 6.92 Å². The van der Waals surface area contributed by atoms with Gasteiger partial charge >= 0.3 is 5.97 Å². The van der Waals surface area contributed by atoms with Crippen LogP contribution in [0.2, 0.25) is 0 Å². The number of aliphatic imine (C=N–C) groups is 1. The third-order valence-electron chi connectivity index (χ3n) is 2.12. The smallest absolute Gasteiger partial charge is 0.313 e. The van der Waals surface area contributed by atoms with Crippen molar-refractivity contribution >= 4 is 23.3 Å². The molecule has 0 radical (unpaired) electrons. The molecule has 0 N–H and O–H groups in total. The quantitative estimate of drug-likeness (QED) is 0.399. The topological polar surface area (TPSA) is 38.7 Å². The van der Waals surface area contributed by atoms with E-state index in [9.17, 15) is 4.79 Å². The first-order valence-electron chi connectivity index (χ1n) is 5.17. The fourth-order valence-corrected chi connectivity index (χ4v) is 1.69. The Bertz CT molecular complexity index is 259. The molecule has 0 saturated heterocycles. The predicted octanol–water partition coefficient (Wildman–Crippen LogP) is 2.70. The summed E-state index contributed by atoms with van der Waals surface area (Å²) in [6.45, 7) is 8.55. The Morgan fingerprint density at radius 1 is 1.60 bits per heavy atom. The van der Waals surface area contributed by atoms with E-state index in [4.69, 9.17) is 4.74 Å². The number of hydrogen-bond acceptors (Lipinski definition) is 4. The van der Waals surface area contributed by atoms with Crippen molar-refractivity contribution in [2.75, 3.05) is 13.2 Å². The number of carbonyl (C=O) groups excluding carboxylic acids is 1. The van der Waals surface area contributed by atoms with Crippen molar-refractivity contribution in [3.8, 4) is 0 Å². The highest BCUT2D eigenvalue weighted by atomic mass is 32.1. The van der Waals surface area contributed by atoms with Crippen LogP contribution < -0.4 is 0 Å². The number of thiocarbonyl (C=S) groups is 1. The molecule has 4 heteroatoms. The van der Waals surface area contributed by atoms with E-state index < -0.39 is 5.41 Å². The molecule has 86 valence electrons. The standard InChI is InChI=1S/C11H19NO2S/c1-5-14-10(13)11(4,6-9(2)3)7-12-8-15/h9H,5-7H2,1-4H3. The van der Waals surface area contributed by atoms with Gasteiger partial charge in [-0.2, -0.15) is 0 Å². The van der Waals surface area contributed by atoms with Crippen molar-refractivity contribution in [3.63, 3.8) is 0 Å². The molecule has 0 aliphatic carbocycles. The summed E-state index contributed by atoms with van der Waals surface area (Å²) in [7, 11) is 0. The molecule has 3 nitrogen and oxygen atoms in total. The summed E-state index contributed by atoms with van der Waals surface area (Å²) in [5.74, 6) is 0.215. The minimum Gasteiger partial charge on any atom is -0.466 e. The summed E-state index contributed by atoms with van der Waals surface area (Å²) in [5, 5.41) is 2.29. The van der Waals surface area contributed by atoms with Gasteiger partial charge in [0.25, 0.3) is 0 Å². The first kappa shape index (κ1) is 14.3. The van der Waals surface area contributed by atoms with Gasteiger partial charge in [0.15, 0.2) is 0 Å². The van der Waals surface area contributed by atoms with Gasteiger partial charge in [-0.1, -0.05) is 13.8 Å². The highest BCUT2D eigenvalue weighted by Gasteiger charge is 2.35. The second-order valence-electron chi connectivity index (χ2n) is 4.29. The van der Waals surface area contributed by atoms with Gasteiger partial charge in [-0.25, -0.2) is 4.99 Å². The molecule has 0 aromatic rings. The molecule has 0 saturated carbocycles. The fraction of sp³-hybridized carbons (Fsp3) is 0.818.